The minimum atomic E-state index is -1.26. The Morgan fingerprint density at radius 3 is 2.80 bits per heavy atom. The van der Waals surface area contributed by atoms with Crippen LogP contribution in [0.2, 0.25) is 0 Å². The minimum Gasteiger partial charge on any atom is -0.478 e. The van der Waals surface area contributed by atoms with Gasteiger partial charge < -0.3 is 14.9 Å². The molecule has 0 saturated carbocycles. The molecule has 0 radical (unpaired) electrons. The van der Waals surface area contributed by atoms with Gasteiger partial charge in [-0.1, -0.05) is 0 Å². The third kappa shape index (κ3) is 3.25. The molecule has 1 fully saturated rings. The molecule has 0 bridgehead atoms. The summed E-state index contributed by atoms with van der Waals surface area (Å²) in [5.74, 6) is -1.41. The molecule has 5 nitrogen and oxygen atoms in total. The smallest absolute Gasteiger partial charge is 0.338 e. The monoisotopic (exact) mass is 281 g/mol. The number of pyridine rings is 1. The first-order valence-corrected chi connectivity index (χ1v) is 6.76. The molecule has 0 aromatic carbocycles. The van der Waals surface area contributed by atoms with E-state index < -0.39 is 11.8 Å². The fraction of sp³-hybridized carbons (Fsp3) is 0.571. The van der Waals surface area contributed by atoms with Crippen LogP contribution in [-0.4, -0.2) is 54.7 Å². The standard InChI is InChI=1S/C14H20FN3O2/c1-17-7-4-10(5-8-17)9-18(2)13-12(15)11(14(19)20)3-6-16-13/h3,6,10H,4-5,7-9H2,1-2H3,(H,19,20). The molecule has 1 aliphatic heterocycles. The first-order chi connectivity index (χ1) is 9.49. The van der Waals surface area contributed by atoms with Crippen molar-refractivity contribution >= 4 is 11.8 Å². The van der Waals surface area contributed by atoms with E-state index in [4.69, 9.17) is 5.11 Å². The number of aromatic nitrogens is 1. The van der Waals surface area contributed by atoms with Gasteiger partial charge in [0.05, 0.1) is 0 Å². The predicted molar refractivity (Wildman–Crippen MR) is 74.6 cm³/mol. The lowest BCUT2D eigenvalue weighted by Crippen LogP contribution is -2.36. The van der Waals surface area contributed by atoms with E-state index in [1.165, 1.54) is 12.3 Å². The Hall–Kier alpha value is -1.69. The zero-order chi connectivity index (χ0) is 14.7. The van der Waals surface area contributed by atoms with Gasteiger partial charge in [0.2, 0.25) is 0 Å². The number of halogens is 1. The Bertz CT molecular complexity index is 487. The van der Waals surface area contributed by atoms with Crippen molar-refractivity contribution in [3.8, 4) is 0 Å². The summed E-state index contributed by atoms with van der Waals surface area (Å²) in [6.07, 6.45) is 3.48. The fourth-order valence-electron chi connectivity index (χ4n) is 2.58. The second-order valence-electron chi connectivity index (χ2n) is 5.43. The second kappa shape index (κ2) is 6.17. The van der Waals surface area contributed by atoms with Gasteiger partial charge in [0.15, 0.2) is 11.6 Å². The van der Waals surface area contributed by atoms with Crippen molar-refractivity contribution in [3.05, 3.63) is 23.6 Å². The van der Waals surface area contributed by atoms with E-state index in [1.807, 2.05) is 0 Å². The van der Waals surface area contributed by atoms with Gasteiger partial charge in [-0.15, -0.1) is 0 Å². The van der Waals surface area contributed by atoms with Crippen LogP contribution in [0.25, 0.3) is 0 Å². The van der Waals surface area contributed by atoms with Crippen LogP contribution in [0.15, 0.2) is 12.3 Å². The van der Waals surface area contributed by atoms with Crippen molar-refractivity contribution in [2.24, 2.45) is 5.92 Å². The number of nitrogens with zero attached hydrogens (tertiary/aromatic N) is 3. The molecular formula is C14H20FN3O2. The van der Waals surface area contributed by atoms with E-state index in [9.17, 15) is 9.18 Å². The van der Waals surface area contributed by atoms with Crippen molar-refractivity contribution in [2.75, 3.05) is 38.6 Å². The number of anilines is 1. The average molecular weight is 281 g/mol. The molecule has 2 heterocycles. The van der Waals surface area contributed by atoms with Crippen molar-refractivity contribution in [1.82, 2.24) is 9.88 Å². The van der Waals surface area contributed by atoms with Crippen LogP contribution in [-0.2, 0) is 0 Å². The molecular weight excluding hydrogens is 261 g/mol. The van der Waals surface area contributed by atoms with E-state index in [1.54, 1.807) is 11.9 Å². The summed E-state index contributed by atoms with van der Waals surface area (Å²) < 4.78 is 14.1. The zero-order valence-electron chi connectivity index (χ0n) is 11.8. The number of carboxylic acid groups (broad SMARTS) is 1. The third-order valence-corrected chi connectivity index (χ3v) is 3.83. The van der Waals surface area contributed by atoms with E-state index in [2.05, 4.69) is 16.9 Å². The summed E-state index contributed by atoms with van der Waals surface area (Å²) in [5.41, 5.74) is -0.328. The summed E-state index contributed by atoms with van der Waals surface area (Å²) in [6.45, 7) is 2.79. The Kier molecular flexibility index (Phi) is 4.54. The van der Waals surface area contributed by atoms with Crippen LogP contribution in [0.5, 0.6) is 0 Å². The van der Waals surface area contributed by atoms with Crippen molar-refractivity contribution < 1.29 is 14.3 Å². The predicted octanol–water partition coefficient (Wildman–Crippen LogP) is 1.70. The van der Waals surface area contributed by atoms with Crippen molar-refractivity contribution in [3.63, 3.8) is 0 Å². The van der Waals surface area contributed by atoms with Gasteiger partial charge in [0.1, 0.15) is 5.56 Å². The molecule has 1 aromatic rings. The Morgan fingerprint density at radius 2 is 2.20 bits per heavy atom. The van der Waals surface area contributed by atoms with Gasteiger partial charge in [-0.3, -0.25) is 0 Å². The molecule has 20 heavy (non-hydrogen) atoms. The van der Waals surface area contributed by atoms with Gasteiger partial charge in [-0.2, -0.15) is 0 Å². The van der Waals surface area contributed by atoms with Crippen LogP contribution in [0, 0.1) is 11.7 Å². The first kappa shape index (κ1) is 14.7. The fourth-order valence-corrected chi connectivity index (χ4v) is 2.58. The number of carboxylic acids is 1. The van der Waals surface area contributed by atoms with E-state index in [0.717, 1.165) is 25.9 Å². The quantitative estimate of drug-likeness (QED) is 0.910. The average Bonchev–Trinajstić information content (AvgIpc) is 2.41. The molecule has 110 valence electrons. The molecule has 0 amide bonds. The van der Waals surface area contributed by atoms with Gasteiger partial charge in [-0.05, 0) is 45.0 Å². The highest BCUT2D eigenvalue weighted by atomic mass is 19.1. The summed E-state index contributed by atoms with van der Waals surface area (Å²) in [6, 6.07) is 1.19. The number of rotatable bonds is 4. The molecule has 1 saturated heterocycles. The first-order valence-electron chi connectivity index (χ1n) is 6.76. The number of hydrogen-bond acceptors (Lipinski definition) is 4. The molecule has 0 atom stereocenters. The summed E-state index contributed by atoms with van der Waals surface area (Å²) in [4.78, 5) is 18.9. The lowest BCUT2D eigenvalue weighted by Gasteiger charge is -2.32. The van der Waals surface area contributed by atoms with Gasteiger partial charge in [-0.25, -0.2) is 14.2 Å². The van der Waals surface area contributed by atoms with Gasteiger partial charge >= 0.3 is 5.97 Å². The van der Waals surface area contributed by atoms with Crippen LogP contribution in [0.4, 0.5) is 10.2 Å². The molecule has 2 rings (SSSR count). The molecule has 1 N–H and O–H groups in total. The van der Waals surface area contributed by atoms with E-state index >= 15 is 0 Å². The largest absolute Gasteiger partial charge is 0.478 e. The maximum atomic E-state index is 14.1. The molecule has 0 spiro atoms. The summed E-state index contributed by atoms with van der Waals surface area (Å²) >= 11 is 0. The zero-order valence-corrected chi connectivity index (χ0v) is 11.8. The number of hydrogen-bond donors (Lipinski definition) is 1. The molecule has 0 aliphatic carbocycles. The third-order valence-electron chi connectivity index (χ3n) is 3.83. The normalized spacial score (nSPS) is 17.1. The maximum Gasteiger partial charge on any atom is 0.338 e. The lowest BCUT2D eigenvalue weighted by atomic mass is 9.96. The van der Waals surface area contributed by atoms with Gasteiger partial charge in [0, 0.05) is 19.8 Å². The van der Waals surface area contributed by atoms with Crippen LogP contribution in [0.1, 0.15) is 23.2 Å². The van der Waals surface area contributed by atoms with Crippen molar-refractivity contribution in [1.29, 1.82) is 0 Å². The van der Waals surface area contributed by atoms with Crippen molar-refractivity contribution in [2.45, 2.75) is 12.8 Å². The highest BCUT2D eigenvalue weighted by molar-refractivity contribution is 5.88. The molecule has 0 unspecified atom stereocenters. The Balaban J connectivity index is 2.07. The van der Waals surface area contributed by atoms with E-state index in [0.29, 0.717) is 12.5 Å². The SMILES string of the molecule is CN1CCC(CN(C)c2nccc(C(=O)O)c2F)CC1. The number of aromatic carboxylic acids is 1. The second-order valence-corrected chi connectivity index (χ2v) is 5.43. The summed E-state index contributed by atoms with van der Waals surface area (Å²) in [7, 11) is 3.85. The Labute approximate surface area is 118 Å². The highest BCUT2D eigenvalue weighted by Crippen LogP contribution is 2.22. The van der Waals surface area contributed by atoms with E-state index in [-0.39, 0.29) is 11.4 Å². The summed E-state index contributed by atoms with van der Waals surface area (Å²) in [5, 5.41) is 8.93. The van der Waals surface area contributed by atoms with Crippen LogP contribution >= 0.6 is 0 Å². The topological polar surface area (TPSA) is 56.7 Å². The number of likely N-dealkylation sites (tertiary alicyclic amines) is 1. The van der Waals surface area contributed by atoms with Crippen LogP contribution in [0.3, 0.4) is 0 Å². The Morgan fingerprint density at radius 1 is 1.55 bits per heavy atom. The number of carbonyl (C=O) groups is 1. The lowest BCUT2D eigenvalue weighted by molar-refractivity contribution is 0.0691. The minimum absolute atomic E-state index is 0.115. The number of piperidine rings is 1. The molecule has 1 aromatic heterocycles. The van der Waals surface area contributed by atoms with Crippen LogP contribution < -0.4 is 4.90 Å². The van der Waals surface area contributed by atoms with Gasteiger partial charge in [0.25, 0.3) is 0 Å². The molecule has 6 heteroatoms. The molecule has 1 aliphatic rings. The highest BCUT2D eigenvalue weighted by Gasteiger charge is 2.22. The maximum absolute atomic E-state index is 14.1.